The maximum Gasteiger partial charge on any atom is 0.165 e. The quantitative estimate of drug-likeness (QED) is 0.844. The predicted molar refractivity (Wildman–Crippen MR) is 83.6 cm³/mol. The second-order valence-electron chi connectivity index (χ2n) is 5.81. The minimum atomic E-state index is 0.700. The van der Waals surface area contributed by atoms with E-state index in [1.165, 1.54) is 24.0 Å². The average Bonchev–Trinajstić information content (AvgIpc) is 3.20. The van der Waals surface area contributed by atoms with Crippen LogP contribution in [0.1, 0.15) is 37.3 Å². The lowest BCUT2D eigenvalue weighted by atomic mass is 10.1. The highest BCUT2D eigenvalue weighted by Gasteiger charge is 2.20. The first kappa shape index (κ1) is 14.1. The maximum absolute atomic E-state index is 6.02. The van der Waals surface area contributed by atoms with Gasteiger partial charge in [-0.1, -0.05) is 24.6 Å². The summed E-state index contributed by atoms with van der Waals surface area (Å²) in [6.45, 7) is 6.05. The molecule has 1 fully saturated rings. The molecule has 0 unspecified atom stereocenters. The Labute approximate surface area is 126 Å². The van der Waals surface area contributed by atoms with Gasteiger partial charge in [-0.25, -0.2) is 0 Å². The van der Waals surface area contributed by atoms with Gasteiger partial charge in [-0.05, 0) is 32.3 Å². The van der Waals surface area contributed by atoms with Gasteiger partial charge in [-0.15, -0.1) is 0 Å². The lowest BCUT2D eigenvalue weighted by Crippen LogP contribution is -2.15. The van der Waals surface area contributed by atoms with Crippen molar-refractivity contribution < 1.29 is 4.74 Å². The molecule has 0 amide bonds. The molecule has 1 aromatic heterocycles. The summed E-state index contributed by atoms with van der Waals surface area (Å²) in [4.78, 5) is 0. The molecule has 0 spiro atoms. The Morgan fingerprint density at radius 1 is 1.38 bits per heavy atom. The highest BCUT2D eigenvalue weighted by Crippen LogP contribution is 2.27. The van der Waals surface area contributed by atoms with E-state index in [2.05, 4.69) is 42.5 Å². The van der Waals surface area contributed by atoms with Gasteiger partial charge in [0.15, 0.2) is 5.75 Å². The Hall–Kier alpha value is -1.81. The summed E-state index contributed by atoms with van der Waals surface area (Å²) in [5.41, 5.74) is 2.47. The van der Waals surface area contributed by atoms with Crippen LogP contribution in [-0.2, 0) is 13.1 Å². The molecule has 112 valence electrons. The van der Waals surface area contributed by atoms with Crippen LogP contribution < -0.4 is 10.1 Å². The van der Waals surface area contributed by atoms with Crippen LogP contribution in [-0.4, -0.2) is 15.8 Å². The summed E-state index contributed by atoms with van der Waals surface area (Å²) < 4.78 is 7.94. The van der Waals surface area contributed by atoms with Crippen LogP contribution in [0, 0.1) is 6.92 Å². The van der Waals surface area contributed by atoms with Crippen molar-refractivity contribution in [3.05, 3.63) is 41.7 Å². The zero-order valence-electron chi connectivity index (χ0n) is 12.8. The van der Waals surface area contributed by atoms with Crippen molar-refractivity contribution in [2.45, 2.75) is 52.2 Å². The van der Waals surface area contributed by atoms with Crippen molar-refractivity contribution in [1.82, 2.24) is 15.1 Å². The highest BCUT2D eigenvalue weighted by molar-refractivity contribution is 5.39. The standard InChI is InChI=1S/C17H23N3O/c1-3-8-20-12-16(11-19-20)21-17-7-4-13(2)9-14(17)10-18-15-5-6-15/h4,7,9,11-12,15,18H,3,5-6,8,10H2,1-2H3. The molecule has 1 N–H and O–H groups in total. The fourth-order valence-corrected chi connectivity index (χ4v) is 2.36. The van der Waals surface area contributed by atoms with Crippen molar-refractivity contribution in [3.8, 4) is 11.5 Å². The van der Waals surface area contributed by atoms with Gasteiger partial charge >= 0.3 is 0 Å². The summed E-state index contributed by atoms with van der Waals surface area (Å²) in [6.07, 6.45) is 7.41. The first-order chi connectivity index (χ1) is 10.2. The average molecular weight is 285 g/mol. The van der Waals surface area contributed by atoms with E-state index in [9.17, 15) is 0 Å². The van der Waals surface area contributed by atoms with E-state index < -0.39 is 0 Å². The number of nitrogens with one attached hydrogen (secondary N) is 1. The summed E-state index contributed by atoms with van der Waals surface area (Å²) in [5.74, 6) is 1.73. The molecule has 1 aliphatic carbocycles. The Bertz CT molecular complexity index is 602. The van der Waals surface area contributed by atoms with Crippen LogP contribution in [0.4, 0.5) is 0 Å². The Morgan fingerprint density at radius 2 is 2.24 bits per heavy atom. The van der Waals surface area contributed by atoms with Crippen LogP contribution in [0.2, 0.25) is 0 Å². The smallest absolute Gasteiger partial charge is 0.165 e. The van der Waals surface area contributed by atoms with Gasteiger partial charge in [0.1, 0.15) is 5.75 Å². The van der Waals surface area contributed by atoms with Crippen molar-refractivity contribution in [2.75, 3.05) is 0 Å². The molecule has 1 saturated carbocycles. The van der Waals surface area contributed by atoms with Gasteiger partial charge in [0.25, 0.3) is 0 Å². The van der Waals surface area contributed by atoms with Crippen molar-refractivity contribution >= 4 is 0 Å². The lowest BCUT2D eigenvalue weighted by molar-refractivity contribution is 0.470. The van der Waals surface area contributed by atoms with E-state index in [-0.39, 0.29) is 0 Å². The Morgan fingerprint density at radius 3 is 3.00 bits per heavy atom. The largest absolute Gasteiger partial charge is 0.454 e. The van der Waals surface area contributed by atoms with E-state index in [4.69, 9.17) is 4.74 Å². The predicted octanol–water partition coefficient (Wildman–Crippen LogP) is 3.65. The molecule has 1 aromatic carbocycles. The van der Waals surface area contributed by atoms with Crippen molar-refractivity contribution in [3.63, 3.8) is 0 Å². The molecule has 1 aliphatic rings. The molecule has 0 radical (unpaired) electrons. The third kappa shape index (κ3) is 3.85. The fourth-order valence-electron chi connectivity index (χ4n) is 2.36. The van der Waals surface area contributed by atoms with Crippen LogP contribution in [0.3, 0.4) is 0 Å². The van der Waals surface area contributed by atoms with Crippen LogP contribution in [0.15, 0.2) is 30.6 Å². The molecular weight excluding hydrogens is 262 g/mol. The van der Waals surface area contributed by atoms with E-state index in [0.29, 0.717) is 6.04 Å². The number of hydrogen-bond donors (Lipinski definition) is 1. The molecule has 0 atom stereocenters. The molecule has 0 aliphatic heterocycles. The van der Waals surface area contributed by atoms with E-state index >= 15 is 0 Å². The monoisotopic (exact) mass is 285 g/mol. The summed E-state index contributed by atoms with van der Waals surface area (Å²) >= 11 is 0. The van der Waals surface area contributed by atoms with E-state index in [1.807, 2.05) is 10.9 Å². The first-order valence-electron chi connectivity index (χ1n) is 7.78. The number of aryl methyl sites for hydroxylation is 2. The van der Waals surface area contributed by atoms with Gasteiger partial charge < -0.3 is 10.1 Å². The highest BCUT2D eigenvalue weighted by atomic mass is 16.5. The molecule has 4 heteroatoms. The molecule has 3 rings (SSSR count). The molecule has 2 aromatic rings. The third-order valence-corrected chi connectivity index (χ3v) is 3.66. The minimum Gasteiger partial charge on any atom is -0.454 e. The number of rotatable bonds is 7. The third-order valence-electron chi connectivity index (χ3n) is 3.66. The van der Waals surface area contributed by atoms with Gasteiger partial charge in [0.05, 0.1) is 12.4 Å². The summed E-state index contributed by atoms with van der Waals surface area (Å²) in [5, 5.41) is 7.86. The minimum absolute atomic E-state index is 0.700. The molecule has 21 heavy (non-hydrogen) atoms. The summed E-state index contributed by atoms with van der Waals surface area (Å²) in [7, 11) is 0. The first-order valence-corrected chi connectivity index (χ1v) is 7.78. The van der Waals surface area contributed by atoms with Crippen molar-refractivity contribution in [2.24, 2.45) is 0 Å². The molecule has 4 nitrogen and oxygen atoms in total. The van der Waals surface area contributed by atoms with Crippen molar-refractivity contribution in [1.29, 1.82) is 0 Å². The number of aromatic nitrogens is 2. The van der Waals surface area contributed by atoms with Gasteiger partial charge in [0, 0.05) is 24.7 Å². The number of ether oxygens (including phenoxy) is 1. The zero-order chi connectivity index (χ0) is 14.7. The number of benzene rings is 1. The fraction of sp³-hybridized carbons (Fsp3) is 0.471. The Kier molecular flexibility index (Phi) is 4.25. The second-order valence-corrected chi connectivity index (χ2v) is 5.81. The lowest BCUT2D eigenvalue weighted by Gasteiger charge is -2.11. The van der Waals surface area contributed by atoms with Crippen LogP contribution in [0.5, 0.6) is 11.5 Å². The molecular formula is C17H23N3O. The Balaban J connectivity index is 1.72. The van der Waals surface area contributed by atoms with Crippen LogP contribution in [0.25, 0.3) is 0 Å². The van der Waals surface area contributed by atoms with Gasteiger partial charge in [-0.3, -0.25) is 4.68 Å². The van der Waals surface area contributed by atoms with E-state index in [0.717, 1.165) is 31.0 Å². The second kappa shape index (κ2) is 6.31. The number of hydrogen-bond acceptors (Lipinski definition) is 3. The zero-order valence-corrected chi connectivity index (χ0v) is 12.8. The maximum atomic E-state index is 6.02. The molecule has 0 saturated heterocycles. The molecule has 1 heterocycles. The SMILES string of the molecule is CCCn1cc(Oc2ccc(C)cc2CNC2CC2)cn1. The number of nitrogens with zero attached hydrogens (tertiary/aromatic N) is 2. The topological polar surface area (TPSA) is 39.1 Å². The van der Waals surface area contributed by atoms with Gasteiger partial charge in [0.2, 0.25) is 0 Å². The van der Waals surface area contributed by atoms with E-state index in [1.54, 1.807) is 6.20 Å². The normalized spacial score (nSPS) is 14.4. The van der Waals surface area contributed by atoms with Gasteiger partial charge in [-0.2, -0.15) is 5.10 Å². The summed E-state index contributed by atoms with van der Waals surface area (Å²) in [6, 6.07) is 7.04. The molecule has 0 bridgehead atoms. The van der Waals surface area contributed by atoms with Crippen LogP contribution >= 0.6 is 0 Å².